The molecule has 1 fully saturated rings. The van der Waals surface area contributed by atoms with Gasteiger partial charge in [0.1, 0.15) is 6.10 Å². The van der Waals surface area contributed by atoms with Crippen molar-refractivity contribution in [1.29, 1.82) is 0 Å². The number of ketones is 1. The maximum atomic E-state index is 11.8. The van der Waals surface area contributed by atoms with E-state index >= 15 is 0 Å². The van der Waals surface area contributed by atoms with Gasteiger partial charge in [-0.15, -0.1) is 0 Å². The molecular weight excluding hydrogens is 178 g/mol. The van der Waals surface area contributed by atoms with Crippen LogP contribution >= 0.6 is 0 Å². The summed E-state index contributed by atoms with van der Waals surface area (Å²) in [5, 5.41) is 0. The summed E-state index contributed by atoms with van der Waals surface area (Å²) in [6.07, 6.45) is 6.01. The van der Waals surface area contributed by atoms with Crippen LogP contribution in [0.1, 0.15) is 29.6 Å². The molecular formula is C11H13NO2. The Morgan fingerprint density at radius 3 is 3.07 bits per heavy atom. The minimum absolute atomic E-state index is 0.0674. The number of aromatic nitrogens is 1. The van der Waals surface area contributed by atoms with Gasteiger partial charge in [0.05, 0.1) is 0 Å². The fraction of sp³-hybridized carbons (Fsp3) is 0.455. The lowest BCUT2D eigenvalue weighted by Gasteiger charge is -2.20. The van der Waals surface area contributed by atoms with Gasteiger partial charge in [0.25, 0.3) is 0 Å². The summed E-state index contributed by atoms with van der Waals surface area (Å²) >= 11 is 0. The van der Waals surface area contributed by atoms with Crippen molar-refractivity contribution in [1.82, 2.24) is 4.98 Å². The van der Waals surface area contributed by atoms with Crippen molar-refractivity contribution < 1.29 is 9.53 Å². The molecule has 1 aromatic rings. The van der Waals surface area contributed by atoms with Crippen molar-refractivity contribution >= 4 is 5.78 Å². The Balaban J connectivity index is 2.07. The molecule has 2 heterocycles. The molecule has 0 amide bonds. The highest BCUT2D eigenvalue weighted by molar-refractivity contribution is 5.99. The van der Waals surface area contributed by atoms with E-state index in [1.807, 2.05) is 0 Å². The van der Waals surface area contributed by atoms with Crippen molar-refractivity contribution in [3.8, 4) is 0 Å². The Kier molecular flexibility index (Phi) is 2.89. The fourth-order valence-corrected chi connectivity index (χ4v) is 1.64. The summed E-state index contributed by atoms with van der Waals surface area (Å²) in [5.74, 6) is 0.0674. The summed E-state index contributed by atoms with van der Waals surface area (Å²) in [7, 11) is 0. The molecule has 74 valence electrons. The number of pyridine rings is 1. The van der Waals surface area contributed by atoms with Gasteiger partial charge in [-0.25, -0.2) is 0 Å². The second-order valence-corrected chi connectivity index (χ2v) is 3.46. The Morgan fingerprint density at radius 2 is 2.43 bits per heavy atom. The highest BCUT2D eigenvalue weighted by Crippen LogP contribution is 2.16. The van der Waals surface area contributed by atoms with Crippen molar-refractivity contribution in [3.05, 3.63) is 30.1 Å². The molecule has 3 heteroatoms. The van der Waals surface area contributed by atoms with Crippen LogP contribution in [0.15, 0.2) is 24.5 Å². The van der Waals surface area contributed by atoms with Crippen molar-refractivity contribution in [2.45, 2.75) is 25.4 Å². The first-order valence-corrected chi connectivity index (χ1v) is 4.94. The van der Waals surface area contributed by atoms with E-state index in [9.17, 15) is 4.79 Å². The Morgan fingerprint density at radius 1 is 1.50 bits per heavy atom. The molecule has 0 radical (unpaired) electrons. The molecule has 2 rings (SSSR count). The normalized spacial score (nSPS) is 21.9. The van der Waals surface area contributed by atoms with E-state index in [2.05, 4.69) is 4.98 Å². The largest absolute Gasteiger partial charge is 0.370 e. The van der Waals surface area contributed by atoms with E-state index in [0.29, 0.717) is 12.2 Å². The Bertz CT molecular complexity index is 304. The van der Waals surface area contributed by atoms with E-state index in [1.54, 1.807) is 24.5 Å². The Labute approximate surface area is 83.1 Å². The smallest absolute Gasteiger partial charge is 0.193 e. The molecule has 1 aliphatic heterocycles. The van der Waals surface area contributed by atoms with Crippen LogP contribution in [-0.4, -0.2) is 23.5 Å². The van der Waals surface area contributed by atoms with Gasteiger partial charge in [-0.1, -0.05) is 0 Å². The first kappa shape index (κ1) is 9.34. The van der Waals surface area contributed by atoms with Crippen LogP contribution in [0.25, 0.3) is 0 Å². The SMILES string of the molecule is O=C(c1cccnc1)C1CCCCO1. The third kappa shape index (κ3) is 1.99. The standard InChI is InChI=1S/C11H13NO2/c13-11(9-4-3-6-12-8-9)10-5-1-2-7-14-10/h3-4,6,8,10H,1-2,5,7H2. The first-order chi connectivity index (χ1) is 6.88. The molecule has 0 saturated carbocycles. The van der Waals surface area contributed by atoms with Gasteiger partial charge in [-0.2, -0.15) is 0 Å². The number of nitrogens with zero attached hydrogens (tertiary/aromatic N) is 1. The van der Waals surface area contributed by atoms with Crippen LogP contribution < -0.4 is 0 Å². The van der Waals surface area contributed by atoms with Crippen LogP contribution in [0.5, 0.6) is 0 Å². The topological polar surface area (TPSA) is 39.2 Å². The number of rotatable bonds is 2. The molecule has 1 unspecified atom stereocenters. The van der Waals surface area contributed by atoms with E-state index in [4.69, 9.17) is 4.74 Å². The number of carbonyl (C=O) groups excluding carboxylic acids is 1. The van der Waals surface area contributed by atoms with Gasteiger partial charge in [0.15, 0.2) is 5.78 Å². The highest BCUT2D eigenvalue weighted by atomic mass is 16.5. The fourth-order valence-electron chi connectivity index (χ4n) is 1.64. The predicted molar refractivity (Wildman–Crippen MR) is 52.2 cm³/mol. The molecule has 1 aromatic heterocycles. The number of hydrogen-bond acceptors (Lipinski definition) is 3. The number of carbonyl (C=O) groups is 1. The first-order valence-electron chi connectivity index (χ1n) is 4.94. The van der Waals surface area contributed by atoms with Gasteiger partial charge in [0, 0.05) is 24.6 Å². The zero-order valence-corrected chi connectivity index (χ0v) is 7.98. The molecule has 1 aliphatic rings. The summed E-state index contributed by atoms with van der Waals surface area (Å²) < 4.78 is 5.42. The lowest BCUT2D eigenvalue weighted by Crippen LogP contribution is -2.28. The van der Waals surface area contributed by atoms with Crippen LogP contribution in [0.2, 0.25) is 0 Å². The molecule has 1 saturated heterocycles. The second kappa shape index (κ2) is 4.33. The van der Waals surface area contributed by atoms with Gasteiger partial charge < -0.3 is 4.74 Å². The van der Waals surface area contributed by atoms with Gasteiger partial charge in [-0.05, 0) is 31.4 Å². The van der Waals surface area contributed by atoms with Crippen molar-refractivity contribution in [3.63, 3.8) is 0 Å². The summed E-state index contributed by atoms with van der Waals surface area (Å²) in [6, 6.07) is 3.56. The molecule has 0 N–H and O–H groups in total. The minimum Gasteiger partial charge on any atom is -0.370 e. The van der Waals surface area contributed by atoms with Crippen LogP contribution in [0, 0.1) is 0 Å². The van der Waals surface area contributed by atoms with E-state index in [-0.39, 0.29) is 11.9 Å². The quantitative estimate of drug-likeness (QED) is 0.669. The lowest BCUT2D eigenvalue weighted by molar-refractivity contribution is 0.0186. The average Bonchev–Trinajstić information content (AvgIpc) is 2.30. The molecule has 0 aromatic carbocycles. The lowest BCUT2D eigenvalue weighted by atomic mass is 10.0. The molecule has 0 aliphatic carbocycles. The predicted octanol–water partition coefficient (Wildman–Crippen LogP) is 1.83. The minimum atomic E-state index is -0.243. The molecule has 0 bridgehead atoms. The number of ether oxygens (including phenoxy) is 1. The third-order valence-electron chi connectivity index (χ3n) is 2.42. The van der Waals surface area contributed by atoms with Crippen molar-refractivity contribution in [2.75, 3.05) is 6.61 Å². The number of hydrogen-bond donors (Lipinski definition) is 0. The third-order valence-corrected chi connectivity index (χ3v) is 2.42. The molecule has 1 atom stereocenters. The number of Topliss-reactive ketones (excluding diaryl/α,β-unsaturated/α-hetero) is 1. The van der Waals surface area contributed by atoms with Crippen LogP contribution in [0.4, 0.5) is 0 Å². The molecule has 14 heavy (non-hydrogen) atoms. The van der Waals surface area contributed by atoms with Gasteiger partial charge >= 0.3 is 0 Å². The van der Waals surface area contributed by atoms with E-state index < -0.39 is 0 Å². The summed E-state index contributed by atoms with van der Waals surface area (Å²) in [6.45, 7) is 0.705. The van der Waals surface area contributed by atoms with Gasteiger partial charge in [-0.3, -0.25) is 9.78 Å². The molecule has 3 nitrogen and oxygen atoms in total. The van der Waals surface area contributed by atoms with Crippen LogP contribution in [-0.2, 0) is 4.74 Å². The maximum absolute atomic E-state index is 11.8. The van der Waals surface area contributed by atoms with Gasteiger partial charge in [0.2, 0.25) is 0 Å². The molecule has 0 spiro atoms. The Hall–Kier alpha value is -1.22. The summed E-state index contributed by atoms with van der Waals surface area (Å²) in [4.78, 5) is 15.8. The maximum Gasteiger partial charge on any atom is 0.193 e. The summed E-state index contributed by atoms with van der Waals surface area (Å²) in [5.41, 5.74) is 0.652. The highest BCUT2D eigenvalue weighted by Gasteiger charge is 2.22. The van der Waals surface area contributed by atoms with Crippen LogP contribution in [0.3, 0.4) is 0 Å². The zero-order chi connectivity index (χ0) is 9.80. The monoisotopic (exact) mass is 191 g/mol. The average molecular weight is 191 g/mol. The van der Waals surface area contributed by atoms with E-state index in [1.165, 1.54) is 0 Å². The second-order valence-electron chi connectivity index (χ2n) is 3.46. The van der Waals surface area contributed by atoms with Crippen molar-refractivity contribution in [2.24, 2.45) is 0 Å². The van der Waals surface area contributed by atoms with E-state index in [0.717, 1.165) is 19.3 Å². The zero-order valence-electron chi connectivity index (χ0n) is 7.98.